The van der Waals surface area contributed by atoms with Crippen LogP contribution in [0.3, 0.4) is 0 Å². The minimum absolute atomic E-state index is 0.158. The van der Waals surface area contributed by atoms with E-state index in [2.05, 4.69) is 25.4 Å². The Morgan fingerprint density at radius 1 is 1.03 bits per heavy atom. The van der Waals surface area contributed by atoms with Gasteiger partial charge in [0.1, 0.15) is 11.3 Å². The first-order valence-electron chi connectivity index (χ1n) is 11.9. The van der Waals surface area contributed by atoms with Gasteiger partial charge in [0.25, 0.3) is 5.91 Å². The molecule has 0 saturated carbocycles. The van der Waals surface area contributed by atoms with E-state index in [1.165, 1.54) is 19.5 Å². The van der Waals surface area contributed by atoms with Gasteiger partial charge in [0.15, 0.2) is 11.5 Å². The number of methoxy groups -OCH3 is 2. The normalized spacial score (nSPS) is 14.4. The van der Waals surface area contributed by atoms with Crippen LogP contribution in [-0.4, -0.2) is 80.6 Å². The summed E-state index contributed by atoms with van der Waals surface area (Å²) in [4.78, 5) is 40.1. The summed E-state index contributed by atoms with van der Waals surface area (Å²) in [5, 5.41) is 7.15. The number of carbonyl (C=O) groups is 2. The zero-order valence-electron chi connectivity index (χ0n) is 21.6. The predicted molar refractivity (Wildman–Crippen MR) is 135 cm³/mol. The molecule has 0 radical (unpaired) electrons. The molecular formula is C25H31N7O5. The van der Waals surface area contributed by atoms with Gasteiger partial charge in [-0.3, -0.25) is 10.1 Å². The number of rotatable bonds is 6. The van der Waals surface area contributed by atoms with Gasteiger partial charge in [-0.25, -0.2) is 24.4 Å². The van der Waals surface area contributed by atoms with E-state index in [1.807, 2.05) is 0 Å². The zero-order chi connectivity index (χ0) is 26.6. The Morgan fingerprint density at radius 3 is 2.35 bits per heavy atom. The lowest BCUT2D eigenvalue weighted by Crippen LogP contribution is -2.40. The van der Waals surface area contributed by atoms with Crippen molar-refractivity contribution in [1.29, 1.82) is 0 Å². The van der Waals surface area contributed by atoms with Gasteiger partial charge in [0, 0.05) is 26.3 Å². The molecule has 3 aromatic heterocycles. The molecule has 37 heavy (non-hydrogen) atoms. The number of aromatic nitrogens is 5. The molecule has 1 saturated heterocycles. The number of nitrogens with one attached hydrogen (secondary N) is 1. The number of hydrogen-bond donors (Lipinski definition) is 1. The van der Waals surface area contributed by atoms with E-state index in [1.54, 1.807) is 61.9 Å². The fourth-order valence-electron chi connectivity index (χ4n) is 3.87. The first-order chi connectivity index (χ1) is 17.7. The molecule has 12 heteroatoms. The van der Waals surface area contributed by atoms with Gasteiger partial charge in [-0.2, -0.15) is 5.10 Å². The van der Waals surface area contributed by atoms with Crippen molar-refractivity contribution in [3.05, 3.63) is 42.5 Å². The van der Waals surface area contributed by atoms with Gasteiger partial charge >= 0.3 is 6.09 Å². The molecule has 1 N–H and O–H groups in total. The highest BCUT2D eigenvalue weighted by Gasteiger charge is 2.27. The first-order valence-corrected chi connectivity index (χ1v) is 11.9. The average Bonchev–Trinajstić information content (AvgIpc) is 3.33. The molecular weight excluding hydrogens is 478 g/mol. The van der Waals surface area contributed by atoms with Crippen molar-refractivity contribution in [3.8, 4) is 23.0 Å². The Kier molecular flexibility index (Phi) is 7.67. The van der Waals surface area contributed by atoms with E-state index >= 15 is 0 Å². The van der Waals surface area contributed by atoms with Crippen LogP contribution in [0.1, 0.15) is 44.1 Å². The van der Waals surface area contributed by atoms with Crippen molar-refractivity contribution >= 4 is 17.8 Å². The van der Waals surface area contributed by atoms with Gasteiger partial charge < -0.3 is 19.1 Å². The van der Waals surface area contributed by atoms with Crippen LogP contribution < -0.4 is 10.1 Å². The quantitative estimate of drug-likeness (QED) is 0.531. The molecule has 1 aliphatic heterocycles. The predicted octanol–water partition coefficient (Wildman–Crippen LogP) is 3.33. The van der Waals surface area contributed by atoms with E-state index < -0.39 is 11.7 Å². The Balaban J connectivity index is 1.62. The third kappa shape index (κ3) is 6.39. The third-order valence-corrected chi connectivity index (χ3v) is 5.71. The highest BCUT2D eigenvalue weighted by atomic mass is 16.6. The molecule has 3 aromatic rings. The van der Waals surface area contributed by atoms with E-state index in [-0.39, 0.29) is 23.5 Å². The van der Waals surface area contributed by atoms with Crippen molar-refractivity contribution in [2.24, 2.45) is 0 Å². The molecule has 1 aliphatic rings. The van der Waals surface area contributed by atoms with Crippen molar-refractivity contribution in [2.75, 3.05) is 32.6 Å². The largest absolute Gasteiger partial charge is 0.481 e. The molecule has 0 spiro atoms. The van der Waals surface area contributed by atoms with Crippen LogP contribution in [0.2, 0.25) is 0 Å². The molecule has 2 amide bonds. The van der Waals surface area contributed by atoms with Crippen LogP contribution in [0.25, 0.3) is 17.1 Å². The van der Waals surface area contributed by atoms with Crippen LogP contribution in [0, 0.1) is 0 Å². The Labute approximate surface area is 215 Å². The summed E-state index contributed by atoms with van der Waals surface area (Å²) in [6.45, 7) is 6.50. The molecule has 196 valence electrons. The fraction of sp³-hybridized carbons (Fsp3) is 0.440. The Morgan fingerprint density at radius 2 is 1.78 bits per heavy atom. The average molecular weight is 510 g/mol. The highest BCUT2D eigenvalue weighted by molar-refractivity contribution is 5.93. The van der Waals surface area contributed by atoms with Gasteiger partial charge in [-0.1, -0.05) is 0 Å². The van der Waals surface area contributed by atoms with Gasteiger partial charge in [-0.05, 0) is 45.7 Å². The van der Waals surface area contributed by atoms with Crippen LogP contribution in [-0.2, 0) is 9.47 Å². The molecule has 1 fully saturated rings. The molecule has 0 aliphatic carbocycles. The van der Waals surface area contributed by atoms with E-state index in [0.29, 0.717) is 36.0 Å². The maximum atomic E-state index is 13.3. The smallest absolute Gasteiger partial charge is 0.413 e. The van der Waals surface area contributed by atoms with E-state index in [0.717, 1.165) is 12.8 Å². The van der Waals surface area contributed by atoms with E-state index in [9.17, 15) is 9.59 Å². The number of carbonyl (C=O) groups excluding carboxylic acids is 2. The molecule has 0 aromatic carbocycles. The second-order valence-corrected chi connectivity index (χ2v) is 9.53. The maximum Gasteiger partial charge on any atom is 0.413 e. The van der Waals surface area contributed by atoms with Gasteiger partial charge in [0.2, 0.25) is 5.88 Å². The summed E-state index contributed by atoms with van der Waals surface area (Å²) in [5.41, 5.74) is 1.25. The van der Waals surface area contributed by atoms with Crippen LogP contribution >= 0.6 is 0 Å². The monoisotopic (exact) mass is 509 g/mol. The summed E-state index contributed by atoms with van der Waals surface area (Å²) in [5.74, 6) is 0.506. The number of piperidine rings is 1. The number of anilines is 1. The van der Waals surface area contributed by atoms with Gasteiger partial charge in [0.05, 0.1) is 43.2 Å². The van der Waals surface area contributed by atoms with E-state index in [4.69, 9.17) is 14.2 Å². The number of amides is 2. The highest BCUT2D eigenvalue weighted by Crippen LogP contribution is 2.25. The number of nitrogens with zero attached hydrogens (tertiary/aromatic N) is 6. The molecule has 0 atom stereocenters. The SMILES string of the molecule is COc1ccc(-n2nc(C(=O)N3CCC(OC)CC3)cc2-c2cnc(NC(=O)OC(C)(C)C)cn2)cn1. The molecule has 4 rings (SSSR count). The second-order valence-electron chi connectivity index (χ2n) is 9.53. The molecule has 12 nitrogen and oxygen atoms in total. The fourth-order valence-corrected chi connectivity index (χ4v) is 3.87. The molecule has 0 bridgehead atoms. The minimum Gasteiger partial charge on any atom is -0.481 e. The van der Waals surface area contributed by atoms with Crippen LogP contribution in [0.5, 0.6) is 5.88 Å². The van der Waals surface area contributed by atoms with Crippen molar-refractivity contribution in [3.63, 3.8) is 0 Å². The van der Waals surface area contributed by atoms with Crippen molar-refractivity contribution in [2.45, 2.75) is 45.3 Å². The van der Waals surface area contributed by atoms with Crippen LogP contribution in [0.4, 0.5) is 10.6 Å². The molecule has 0 unspecified atom stereocenters. The zero-order valence-corrected chi connectivity index (χ0v) is 21.6. The summed E-state index contributed by atoms with van der Waals surface area (Å²) >= 11 is 0. The molecule has 4 heterocycles. The number of likely N-dealkylation sites (tertiary alicyclic amines) is 1. The lowest BCUT2D eigenvalue weighted by atomic mass is 10.1. The summed E-state index contributed by atoms with van der Waals surface area (Å²) in [7, 11) is 3.22. The topological polar surface area (TPSA) is 134 Å². The minimum atomic E-state index is -0.641. The number of pyridine rings is 1. The Hall–Kier alpha value is -4.06. The third-order valence-electron chi connectivity index (χ3n) is 5.71. The Bertz CT molecular complexity index is 1230. The number of hydrogen-bond acceptors (Lipinski definition) is 9. The number of ether oxygens (including phenoxy) is 3. The summed E-state index contributed by atoms with van der Waals surface area (Å²) in [6.07, 6.45) is 5.58. The summed E-state index contributed by atoms with van der Waals surface area (Å²) < 4.78 is 17.4. The second kappa shape index (κ2) is 10.9. The summed E-state index contributed by atoms with van der Waals surface area (Å²) in [6, 6.07) is 5.17. The van der Waals surface area contributed by atoms with Crippen molar-refractivity contribution in [1.82, 2.24) is 29.6 Å². The van der Waals surface area contributed by atoms with Crippen molar-refractivity contribution < 1.29 is 23.8 Å². The standard InChI is InChI=1S/C25H31N7O5/c1-25(2,3)37-24(34)29-21-15-26-19(14-27-21)20-12-18(23(33)31-10-8-17(35-4)9-11-31)30-32(20)16-6-7-22(36-5)28-13-16/h6-7,12-15,17H,8-11H2,1-5H3,(H,27,29,34). The van der Waals surface area contributed by atoms with Gasteiger partial charge in [-0.15, -0.1) is 0 Å². The van der Waals surface area contributed by atoms with Crippen LogP contribution in [0.15, 0.2) is 36.8 Å². The first kappa shape index (κ1) is 26.0. The lowest BCUT2D eigenvalue weighted by molar-refractivity contribution is 0.0347. The lowest BCUT2D eigenvalue weighted by Gasteiger charge is -2.30. The maximum absolute atomic E-state index is 13.3.